The molecular weight excluding hydrogens is 330 g/mol. The number of nitrogens with zero attached hydrogens (tertiary/aromatic N) is 2. The molecule has 1 aliphatic heterocycles. The van der Waals surface area contributed by atoms with Crippen LogP contribution in [0.25, 0.3) is 0 Å². The predicted molar refractivity (Wildman–Crippen MR) is 99.8 cm³/mol. The lowest BCUT2D eigenvalue weighted by Crippen LogP contribution is -2.47. The summed E-state index contributed by atoms with van der Waals surface area (Å²) in [4.78, 5) is 28.7. The van der Waals surface area contributed by atoms with E-state index in [1.54, 1.807) is 6.92 Å². The molecule has 0 spiro atoms. The first-order chi connectivity index (χ1) is 12.5. The number of amides is 2. The first-order valence-electron chi connectivity index (χ1n) is 9.49. The number of rotatable bonds is 7. The van der Waals surface area contributed by atoms with Crippen LogP contribution in [-0.4, -0.2) is 67.6 Å². The summed E-state index contributed by atoms with van der Waals surface area (Å²) in [6.07, 6.45) is 2.01. The second-order valence-corrected chi connectivity index (χ2v) is 7.43. The van der Waals surface area contributed by atoms with Gasteiger partial charge in [0.05, 0.1) is 6.61 Å². The van der Waals surface area contributed by atoms with Crippen molar-refractivity contribution in [3.05, 3.63) is 35.4 Å². The van der Waals surface area contributed by atoms with Gasteiger partial charge in [-0.25, -0.2) is 0 Å². The summed E-state index contributed by atoms with van der Waals surface area (Å²) >= 11 is 0. The summed E-state index contributed by atoms with van der Waals surface area (Å²) in [6.45, 7) is 6.28. The first-order valence-corrected chi connectivity index (χ1v) is 9.49. The maximum atomic E-state index is 12.5. The molecule has 0 bridgehead atoms. The Bertz CT molecular complexity index is 620. The molecule has 1 atom stereocenters. The van der Waals surface area contributed by atoms with Crippen molar-refractivity contribution in [3.63, 3.8) is 0 Å². The van der Waals surface area contributed by atoms with Gasteiger partial charge in [-0.2, -0.15) is 0 Å². The van der Waals surface area contributed by atoms with E-state index in [9.17, 15) is 9.59 Å². The van der Waals surface area contributed by atoms with Crippen LogP contribution in [0.1, 0.15) is 35.7 Å². The van der Waals surface area contributed by atoms with Gasteiger partial charge in [-0.1, -0.05) is 12.1 Å². The second-order valence-electron chi connectivity index (χ2n) is 7.43. The van der Waals surface area contributed by atoms with Gasteiger partial charge in [0.15, 0.2) is 0 Å². The summed E-state index contributed by atoms with van der Waals surface area (Å²) in [5, 5.41) is 2.89. The normalized spacial score (nSPS) is 19.2. The summed E-state index contributed by atoms with van der Waals surface area (Å²) in [5.74, 6) is 0.634. The van der Waals surface area contributed by atoms with Gasteiger partial charge in [-0.05, 0) is 50.4 Å². The third-order valence-corrected chi connectivity index (χ3v) is 5.11. The van der Waals surface area contributed by atoms with Crippen LogP contribution in [0.3, 0.4) is 0 Å². The lowest BCUT2D eigenvalue weighted by atomic mass is 10.1. The molecule has 1 unspecified atom stereocenters. The van der Waals surface area contributed by atoms with E-state index in [1.165, 1.54) is 12.8 Å². The standard InChI is InChI=1S/C20H29N3O3/c1-15(26-14-17-3-4-17)19(24)21-13-16-5-7-18(8-6-16)20(25)23-11-9-22(2)10-12-23/h5-8,15,17H,3-4,9-14H2,1-2H3,(H,21,24). The number of likely N-dealkylation sites (N-methyl/N-ethyl adjacent to an activating group) is 1. The molecule has 26 heavy (non-hydrogen) atoms. The molecule has 1 saturated carbocycles. The average Bonchev–Trinajstić information content (AvgIpc) is 3.49. The van der Waals surface area contributed by atoms with Crippen LogP contribution in [0.15, 0.2) is 24.3 Å². The van der Waals surface area contributed by atoms with Gasteiger partial charge in [-0.3, -0.25) is 9.59 Å². The van der Waals surface area contributed by atoms with Crippen LogP contribution in [0.5, 0.6) is 0 Å². The van der Waals surface area contributed by atoms with Crippen molar-refractivity contribution in [1.82, 2.24) is 15.1 Å². The Labute approximate surface area is 155 Å². The van der Waals surface area contributed by atoms with E-state index in [-0.39, 0.29) is 11.8 Å². The third-order valence-electron chi connectivity index (χ3n) is 5.11. The summed E-state index contributed by atoms with van der Waals surface area (Å²) in [7, 11) is 2.07. The van der Waals surface area contributed by atoms with E-state index in [0.717, 1.165) is 31.7 Å². The van der Waals surface area contributed by atoms with Crippen molar-refractivity contribution in [2.75, 3.05) is 39.8 Å². The van der Waals surface area contributed by atoms with Gasteiger partial charge in [-0.15, -0.1) is 0 Å². The number of carbonyl (C=O) groups excluding carboxylic acids is 2. The quantitative estimate of drug-likeness (QED) is 0.802. The molecule has 1 heterocycles. The summed E-state index contributed by atoms with van der Waals surface area (Å²) < 4.78 is 5.58. The SMILES string of the molecule is CC(OCC1CC1)C(=O)NCc1ccc(C(=O)N2CCN(C)CC2)cc1. The highest BCUT2D eigenvalue weighted by Gasteiger charge is 2.24. The van der Waals surface area contributed by atoms with E-state index in [0.29, 0.717) is 24.6 Å². The van der Waals surface area contributed by atoms with Crippen molar-refractivity contribution in [1.29, 1.82) is 0 Å². The largest absolute Gasteiger partial charge is 0.368 e. The zero-order chi connectivity index (χ0) is 18.5. The minimum Gasteiger partial charge on any atom is -0.368 e. The van der Waals surface area contributed by atoms with Gasteiger partial charge in [0.2, 0.25) is 5.91 Å². The topological polar surface area (TPSA) is 61.9 Å². The number of benzene rings is 1. The monoisotopic (exact) mass is 359 g/mol. The van der Waals surface area contributed by atoms with Crippen molar-refractivity contribution in [2.24, 2.45) is 5.92 Å². The Balaban J connectivity index is 1.44. The lowest BCUT2D eigenvalue weighted by Gasteiger charge is -2.32. The van der Waals surface area contributed by atoms with Gasteiger partial charge < -0.3 is 19.9 Å². The Hall–Kier alpha value is -1.92. The van der Waals surface area contributed by atoms with Gasteiger partial charge in [0, 0.05) is 38.3 Å². The molecule has 1 saturated heterocycles. The molecule has 6 heteroatoms. The minimum atomic E-state index is -0.423. The van der Waals surface area contributed by atoms with Crippen LogP contribution in [0.2, 0.25) is 0 Å². The van der Waals surface area contributed by atoms with Crippen molar-refractivity contribution >= 4 is 11.8 Å². The molecule has 2 amide bonds. The molecule has 2 aliphatic rings. The summed E-state index contributed by atoms with van der Waals surface area (Å²) in [6, 6.07) is 7.49. The Morgan fingerprint density at radius 3 is 2.42 bits per heavy atom. The zero-order valence-electron chi connectivity index (χ0n) is 15.7. The fourth-order valence-corrected chi connectivity index (χ4v) is 2.93. The van der Waals surface area contributed by atoms with E-state index in [2.05, 4.69) is 17.3 Å². The Morgan fingerprint density at radius 2 is 1.81 bits per heavy atom. The molecule has 1 N–H and O–H groups in total. The average molecular weight is 359 g/mol. The van der Waals surface area contributed by atoms with Crippen LogP contribution in [0.4, 0.5) is 0 Å². The predicted octanol–water partition coefficient (Wildman–Crippen LogP) is 1.51. The van der Waals surface area contributed by atoms with Crippen molar-refractivity contribution in [3.8, 4) is 0 Å². The molecule has 0 radical (unpaired) electrons. The molecule has 1 aromatic carbocycles. The fourth-order valence-electron chi connectivity index (χ4n) is 2.93. The lowest BCUT2D eigenvalue weighted by molar-refractivity contribution is -0.132. The van der Waals surface area contributed by atoms with E-state index in [4.69, 9.17) is 4.74 Å². The zero-order valence-corrected chi connectivity index (χ0v) is 15.7. The molecule has 142 valence electrons. The molecule has 1 aliphatic carbocycles. The fraction of sp³-hybridized carbons (Fsp3) is 0.600. The van der Waals surface area contributed by atoms with Crippen molar-refractivity contribution < 1.29 is 14.3 Å². The maximum Gasteiger partial charge on any atom is 0.253 e. The smallest absolute Gasteiger partial charge is 0.253 e. The van der Waals surface area contributed by atoms with Gasteiger partial charge in [0.25, 0.3) is 5.91 Å². The minimum absolute atomic E-state index is 0.0794. The van der Waals surface area contributed by atoms with Crippen LogP contribution in [-0.2, 0) is 16.1 Å². The van der Waals surface area contributed by atoms with Gasteiger partial charge >= 0.3 is 0 Å². The molecule has 1 aromatic rings. The van der Waals surface area contributed by atoms with E-state index in [1.807, 2.05) is 29.2 Å². The highest BCUT2D eigenvalue weighted by molar-refractivity contribution is 5.94. The van der Waals surface area contributed by atoms with Crippen molar-refractivity contribution in [2.45, 2.75) is 32.4 Å². The highest BCUT2D eigenvalue weighted by Crippen LogP contribution is 2.29. The molecule has 2 fully saturated rings. The summed E-state index contributed by atoms with van der Waals surface area (Å²) in [5.41, 5.74) is 1.67. The second kappa shape index (κ2) is 8.64. The van der Waals surface area contributed by atoms with E-state index >= 15 is 0 Å². The maximum absolute atomic E-state index is 12.5. The Kier molecular flexibility index (Phi) is 6.27. The number of hydrogen-bond acceptors (Lipinski definition) is 4. The van der Waals surface area contributed by atoms with Crippen LogP contribution < -0.4 is 5.32 Å². The molecule has 6 nitrogen and oxygen atoms in total. The number of carbonyl (C=O) groups is 2. The Morgan fingerprint density at radius 1 is 1.15 bits per heavy atom. The van der Waals surface area contributed by atoms with Crippen LogP contribution in [0, 0.1) is 5.92 Å². The number of piperazine rings is 1. The number of hydrogen-bond donors (Lipinski definition) is 1. The molecular formula is C20H29N3O3. The molecule has 3 rings (SSSR count). The first kappa shape index (κ1) is 18.9. The molecule has 0 aromatic heterocycles. The number of nitrogens with one attached hydrogen (secondary N) is 1. The van der Waals surface area contributed by atoms with Crippen LogP contribution >= 0.6 is 0 Å². The highest BCUT2D eigenvalue weighted by atomic mass is 16.5. The number of ether oxygens (including phenoxy) is 1. The third kappa shape index (κ3) is 5.29. The van der Waals surface area contributed by atoms with E-state index < -0.39 is 6.10 Å². The van der Waals surface area contributed by atoms with Gasteiger partial charge in [0.1, 0.15) is 6.10 Å².